The van der Waals surface area contributed by atoms with Crippen molar-refractivity contribution in [1.29, 1.82) is 0 Å². The number of aromatic nitrogens is 2. The average Bonchev–Trinajstić information content (AvgIpc) is 2.99. The molecule has 1 aliphatic carbocycles. The van der Waals surface area contributed by atoms with E-state index in [1.807, 2.05) is 25.1 Å². The molecule has 0 bridgehead atoms. The van der Waals surface area contributed by atoms with E-state index >= 15 is 0 Å². The van der Waals surface area contributed by atoms with E-state index in [0.29, 0.717) is 17.1 Å². The molecule has 2 aromatic heterocycles. The second-order valence-corrected chi connectivity index (χ2v) is 7.91. The van der Waals surface area contributed by atoms with Crippen molar-refractivity contribution in [2.24, 2.45) is 0 Å². The molecule has 0 unspecified atom stereocenters. The number of carbonyl (C=O) groups is 1. The Morgan fingerprint density at radius 1 is 1.30 bits per heavy atom. The second-order valence-electron chi connectivity index (χ2n) is 6.85. The van der Waals surface area contributed by atoms with Gasteiger partial charge in [-0.25, -0.2) is 4.98 Å². The number of ether oxygens (including phenoxy) is 1. The minimum atomic E-state index is -0.160. The molecule has 0 saturated carbocycles. The molecular weight excluding hydrogens is 362 g/mol. The summed E-state index contributed by atoms with van der Waals surface area (Å²) in [5, 5.41) is 2.78. The predicted octanol–water partition coefficient (Wildman–Crippen LogP) is 3.48. The number of amides is 1. The molecule has 7 heteroatoms. The summed E-state index contributed by atoms with van der Waals surface area (Å²) in [7, 11) is 0. The summed E-state index contributed by atoms with van der Waals surface area (Å²) >= 11 is 1.60. The molecule has 0 fully saturated rings. The highest BCUT2D eigenvalue weighted by Crippen LogP contribution is 2.29. The van der Waals surface area contributed by atoms with Crippen molar-refractivity contribution in [2.45, 2.75) is 46.1 Å². The van der Waals surface area contributed by atoms with Crippen molar-refractivity contribution >= 4 is 27.9 Å². The lowest BCUT2D eigenvalue weighted by Gasteiger charge is -2.12. The molecule has 4 rings (SSSR count). The van der Waals surface area contributed by atoms with Gasteiger partial charge in [-0.3, -0.25) is 14.0 Å². The van der Waals surface area contributed by atoms with Gasteiger partial charge >= 0.3 is 0 Å². The number of aryl methyl sites for hydroxylation is 3. The quantitative estimate of drug-likeness (QED) is 0.749. The number of hydrogen-bond donors (Lipinski definition) is 1. The van der Waals surface area contributed by atoms with Crippen LogP contribution in [0.5, 0.6) is 5.75 Å². The normalized spacial score (nSPS) is 13.4. The highest BCUT2D eigenvalue weighted by molar-refractivity contribution is 7.17. The summed E-state index contributed by atoms with van der Waals surface area (Å²) in [6.45, 7) is 3.58. The van der Waals surface area contributed by atoms with E-state index in [-0.39, 0.29) is 18.1 Å². The van der Waals surface area contributed by atoms with Crippen molar-refractivity contribution in [3.8, 4) is 5.75 Å². The van der Waals surface area contributed by atoms with Gasteiger partial charge in [-0.1, -0.05) is 6.07 Å². The molecule has 1 aromatic carbocycles. The zero-order valence-electron chi connectivity index (χ0n) is 15.4. The number of hydrogen-bond acceptors (Lipinski definition) is 5. The molecule has 2 heterocycles. The maximum absolute atomic E-state index is 12.6. The number of nitrogens with zero attached hydrogens (tertiary/aromatic N) is 2. The Hall–Kier alpha value is -2.67. The van der Waals surface area contributed by atoms with Crippen molar-refractivity contribution in [3.05, 3.63) is 56.4 Å². The Labute approximate surface area is 160 Å². The van der Waals surface area contributed by atoms with Crippen LogP contribution in [0.25, 0.3) is 4.96 Å². The molecule has 0 spiro atoms. The van der Waals surface area contributed by atoms with Crippen LogP contribution < -0.4 is 15.6 Å². The maximum Gasteiger partial charge on any atom is 0.259 e. The highest BCUT2D eigenvalue weighted by Gasteiger charge is 2.18. The van der Waals surface area contributed by atoms with Crippen LogP contribution in [0, 0.1) is 6.92 Å². The number of benzene rings is 1. The lowest BCUT2D eigenvalue weighted by Crippen LogP contribution is -2.18. The van der Waals surface area contributed by atoms with Crippen molar-refractivity contribution in [3.63, 3.8) is 0 Å². The summed E-state index contributed by atoms with van der Waals surface area (Å²) in [4.78, 5) is 30.7. The maximum atomic E-state index is 12.6. The Morgan fingerprint density at radius 3 is 2.93 bits per heavy atom. The Bertz CT molecular complexity index is 1080. The summed E-state index contributed by atoms with van der Waals surface area (Å²) in [5.74, 6) is 0.399. The minimum Gasteiger partial charge on any atom is -0.485 e. The first-order chi connectivity index (χ1) is 13.0. The molecule has 6 nitrogen and oxygen atoms in total. The van der Waals surface area contributed by atoms with E-state index in [4.69, 9.17) is 4.74 Å². The van der Waals surface area contributed by atoms with E-state index < -0.39 is 0 Å². The lowest BCUT2D eigenvalue weighted by atomic mass is 10.0. The molecule has 1 aliphatic rings. The fraction of sp³-hybridized carbons (Fsp3) is 0.350. The fourth-order valence-electron chi connectivity index (χ4n) is 3.42. The van der Waals surface area contributed by atoms with Gasteiger partial charge in [-0.2, -0.15) is 0 Å². The second kappa shape index (κ2) is 7.15. The van der Waals surface area contributed by atoms with Gasteiger partial charge in [0.1, 0.15) is 12.4 Å². The third kappa shape index (κ3) is 3.60. The first-order valence-electron chi connectivity index (χ1n) is 9.05. The molecule has 1 N–H and O–H groups in total. The Balaban J connectivity index is 1.61. The zero-order valence-corrected chi connectivity index (χ0v) is 16.2. The van der Waals surface area contributed by atoms with Crippen LogP contribution in [0.1, 0.15) is 41.6 Å². The van der Waals surface area contributed by atoms with Crippen LogP contribution in [0.3, 0.4) is 0 Å². The summed E-state index contributed by atoms with van der Waals surface area (Å²) in [6.07, 6.45) is 4.26. The molecule has 1 amide bonds. The van der Waals surface area contributed by atoms with Gasteiger partial charge in [0, 0.05) is 23.6 Å². The molecule has 3 aromatic rings. The highest BCUT2D eigenvalue weighted by atomic mass is 32.1. The number of fused-ring (bicyclic) bond motifs is 3. The van der Waals surface area contributed by atoms with Crippen molar-refractivity contribution in [1.82, 2.24) is 9.38 Å². The van der Waals surface area contributed by atoms with E-state index in [1.54, 1.807) is 21.8 Å². The van der Waals surface area contributed by atoms with E-state index in [1.165, 1.54) is 18.2 Å². The first kappa shape index (κ1) is 17.7. The van der Waals surface area contributed by atoms with Gasteiger partial charge in [-0.05, 0) is 50.3 Å². The van der Waals surface area contributed by atoms with Crippen LogP contribution in [-0.2, 0) is 24.2 Å². The lowest BCUT2D eigenvalue weighted by molar-refractivity contribution is -0.114. The van der Waals surface area contributed by atoms with Crippen LogP contribution in [0.15, 0.2) is 29.1 Å². The summed E-state index contributed by atoms with van der Waals surface area (Å²) in [5.41, 5.74) is 3.30. The van der Waals surface area contributed by atoms with Crippen LogP contribution >= 0.6 is 11.3 Å². The third-order valence-corrected chi connectivity index (χ3v) is 5.78. The van der Waals surface area contributed by atoms with Crippen molar-refractivity contribution in [2.75, 3.05) is 5.32 Å². The van der Waals surface area contributed by atoms with E-state index in [9.17, 15) is 9.59 Å². The van der Waals surface area contributed by atoms with Gasteiger partial charge in [0.25, 0.3) is 5.56 Å². The number of nitrogens with one attached hydrogen (secondary N) is 1. The Morgan fingerprint density at radius 2 is 2.11 bits per heavy atom. The van der Waals surface area contributed by atoms with Crippen LogP contribution in [-0.4, -0.2) is 15.3 Å². The molecule has 140 valence electrons. The van der Waals surface area contributed by atoms with Crippen molar-refractivity contribution < 1.29 is 9.53 Å². The van der Waals surface area contributed by atoms with Gasteiger partial charge < -0.3 is 10.1 Å². The molecule has 0 radical (unpaired) electrons. The first-order valence-corrected chi connectivity index (χ1v) is 9.87. The van der Waals surface area contributed by atoms with Crippen LogP contribution in [0.4, 0.5) is 5.69 Å². The fourth-order valence-corrected chi connectivity index (χ4v) is 4.66. The molecular formula is C20H21N3O3S. The van der Waals surface area contributed by atoms with Gasteiger partial charge in [0.05, 0.1) is 11.4 Å². The van der Waals surface area contributed by atoms with Crippen LogP contribution in [0.2, 0.25) is 0 Å². The number of anilines is 1. The zero-order chi connectivity index (χ0) is 19.0. The number of thiazole rings is 1. The summed E-state index contributed by atoms with van der Waals surface area (Å²) in [6, 6.07) is 7.13. The van der Waals surface area contributed by atoms with Gasteiger partial charge in [0.2, 0.25) is 5.91 Å². The third-order valence-electron chi connectivity index (χ3n) is 4.64. The number of carbonyl (C=O) groups excluding carboxylic acids is 1. The SMILES string of the molecule is CC(=O)Nc1cc(C)ccc1OCc1cc(=O)n2c3c(sc2n1)CCCC3. The standard InChI is InChI=1S/C20H21N3O3S/c1-12-7-8-17(15(9-12)21-13(2)24)26-11-14-10-19(25)23-16-5-3-4-6-18(16)27-20(23)22-14/h7-10H,3-6,11H2,1-2H3,(H,21,24). The minimum absolute atomic E-state index is 0.0519. The summed E-state index contributed by atoms with van der Waals surface area (Å²) < 4.78 is 7.61. The van der Waals surface area contributed by atoms with E-state index in [0.717, 1.165) is 35.5 Å². The smallest absolute Gasteiger partial charge is 0.259 e. The molecule has 0 saturated heterocycles. The molecule has 0 atom stereocenters. The monoisotopic (exact) mass is 383 g/mol. The van der Waals surface area contributed by atoms with E-state index in [2.05, 4.69) is 10.3 Å². The van der Waals surface area contributed by atoms with Gasteiger partial charge in [-0.15, -0.1) is 11.3 Å². The largest absolute Gasteiger partial charge is 0.485 e. The number of rotatable bonds is 4. The predicted molar refractivity (Wildman–Crippen MR) is 106 cm³/mol. The van der Waals surface area contributed by atoms with Gasteiger partial charge in [0.15, 0.2) is 4.96 Å². The Kier molecular flexibility index (Phi) is 4.70. The molecule has 27 heavy (non-hydrogen) atoms. The molecule has 0 aliphatic heterocycles. The average molecular weight is 383 g/mol. The topological polar surface area (TPSA) is 72.7 Å².